The molecule has 1 heteroatoms. The molecule has 0 unspecified atom stereocenters. The molecule has 0 spiro atoms. The van der Waals surface area contributed by atoms with Crippen molar-refractivity contribution in [2.45, 2.75) is 40.5 Å². The van der Waals surface area contributed by atoms with Gasteiger partial charge in [-0.15, -0.1) is 0 Å². The van der Waals surface area contributed by atoms with Gasteiger partial charge in [0.2, 0.25) is 0 Å². The minimum atomic E-state index is -0.195. The van der Waals surface area contributed by atoms with Gasteiger partial charge in [-0.25, -0.2) is 4.39 Å². The van der Waals surface area contributed by atoms with Crippen molar-refractivity contribution in [2.24, 2.45) is 0 Å². The van der Waals surface area contributed by atoms with E-state index in [2.05, 4.69) is 39.8 Å². The number of hydrogen-bond donors (Lipinski definition) is 0. The molecule has 0 N–H and O–H groups in total. The number of halogens is 1. The monoisotopic (exact) mass is 258 g/mol. The van der Waals surface area contributed by atoms with Crippen LogP contribution in [0.1, 0.15) is 46.1 Å². The van der Waals surface area contributed by atoms with Gasteiger partial charge in [-0.3, -0.25) is 0 Å². The molecule has 0 aromatic heterocycles. The Hall–Kier alpha value is -1.63. The average molecular weight is 258 g/mol. The van der Waals surface area contributed by atoms with Gasteiger partial charge in [0, 0.05) is 0 Å². The Balaban J connectivity index is 3.02. The van der Waals surface area contributed by atoms with Crippen molar-refractivity contribution in [1.82, 2.24) is 0 Å². The highest BCUT2D eigenvalue weighted by Crippen LogP contribution is 2.20. The van der Waals surface area contributed by atoms with Gasteiger partial charge in [0.25, 0.3) is 0 Å². The first-order valence-electron chi connectivity index (χ1n) is 6.89. The minimum Gasteiger partial charge on any atom is -0.207 e. The van der Waals surface area contributed by atoms with Crippen LogP contribution in [0.15, 0.2) is 53.1 Å². The standard InChI is InChI=1S/C18H23F/c1-5-7-15(4)18(14(3)6-2)13-10-16-8-11-17(19)12-9-16/h7-13H,5-6H2,1-4H3/b13-10+,15-7-,18-14-. The first kappa shape index (κ1) is 15.4. The quantitative estimate of drug-likeness (QED) is 0.575. The summed E-state index contributed by atoms with van der Waals surface area (Å²) in [5.41, 5.74) is 4.99. The number of rotatable bonds is 5. The van der Waals surface area contributed by atoms with E-state index in [0.717, 1.165) is 18.4 Å². The van der Waals surface area contributed by atoms with E-state index in [4.69, 9.17) is 0 Å². The largest absolute Gasteiger partial charge is 0.207 e. The summed E-state index contributed by atoms with van der Waals surface area (Å²) in [4.78, 5) is 0. The van der Waals surface area contributed by atoms with Crippen molar-refractivity contribution < 1.29 is 4.39 Å². The highest BCUT2D eigenvalue weighted by molar-refractivity contribution is 5.57. The molecule has 0 heterocycles. The van der Waals surface area contributed by atoms with Crippen LogP contribution < -0.4 is 0 Å². The summed E-state index contributed by atoms with van der Waals surface area (Å²) in [6.45, 7) is 8.62. The molecular formula is C18H23F. The smallest absolute Gasteiger partial charge is 0.123 e. The average Bonchev–Trinajstić information content (AvgIpc) is 2.41. The zero-order valence-electron chi connectivity index (χ0n) is 12.3. The third-order valence-corrected chi connectivity index (χ3v) is 3.24. The Bertz CT molecular complexity index is 487. The van der Waals surface area contributed by atoms with E-state index < -0.39 is 0 Å². The maximum Gasteiger partial charge on any atom is 0.123 e. The molecule has 1 aromatic rings. The van der Waals surface area contributed by atoms with E-state index in [-0.39, 0.29) is 5.82 Å². The lowest BCUT2D eigenvalue weighted by molar-refractivity contribution is 0.628. The molecule has 1 aromatic carbocycles. The fourth-order valence-electron chi connectivity index (χ4n) is 1.97. The van der Waals surface area contributed by atoms with Gasteiger partial charge in [-0.1, -0.05) is 49.8 Å². The summed E-state index contributed by atoms with van der Waals surface area (Å²) < 4.78 is 12.9. The fraction of sp³-hybridized carbons (Fsp3) is 0.333. The van der Waals surface area contributed by atoms with Crippen molar-refractivity contribution in [3.8, 4) is 0 Å². The SMILES string of the molecule is CC\C=C(C)/C(/C=C/c1ccc(F)cc1)=C(/C)CC. The van der Waals surface area contributed by atoms with E-state index in [9.17, 15) is 4.39 Å². The lowest BCUT2D eigenvalue weighted by Gasteiger charge is -2.08. The van der Waals surface area contributed by atoms with Crippen LogP contribution in [0.4, 0.5) is 4.39 Å². The Morgan fingerprint density at radius 3 is 2.26 bits per heavy atom. The molecule has 0 bridgehead atoms. The van der Waals surface area contributed by atoms with Crippen LogP contribution in [0, 0.1) is 5.82 Å². The topological polar surface area (TPSA) is 0 Å². The molecule has 1 rings (SSSR count). The van der Waals surface area contributed by atoms with Crippen molar-refractivity contribution >= 4 is 6.08 Å². The summed E-state index contributed by atoms with van der Waals surface area (Å²) in [5.74, 6) is -0.195. The predicted octanol–water partition coefficient (Wildman–Crippen LogP) is 5.92. The second-order valence-electron chi connectivity index (χ2n) is 4.73. The van der Waals surface area contributed by atoms with Crippen molar-refractivity contribution in [1.29, 1.82) is 0 Å². The van der Waals surface area contributed by atoms with Crippen LogP contribution in [0.5, 0.6) is 0 Å². The fourth-order valence-corrected chi connectivity index (χ4v) is 1.97. The maximum absolute atomic E-state index is 12.9. The molecule has 0 amide bonds. The predicted molar refractivity (Wildman–Crippen MR) is 82.5 cm³/mol. The van der Waals surface area contributed by atoms with Crippen LogP contribution in [0.25, 0.3) is 6.08 Å². The highest BCUT2D eigenvalue weighted by atomic mass is 19.1. The van der Waals surface area contributed by atoms with Crippen LogP contribution in [0.3, 0.4) is 0 Å². The van der Waals surface area contributed by atoms with Crippen molar-refractivity contribution in [3.05, 3.63) is 64.5 Å². The molecule has 0 saturated carbocycles. The molecule has 0 atom stereocenters. The Labute approximate surface area is 116 Å². The van der Waals surface area contributed by atoms with Crippen LogP contribution in [-0.4, -0.2) is 0 Å². The third-order valence-electron chi connectivity index (χ3n) is 3.24. The normalized spacial score (nSPS) is 13.8. The summed E-state index contributed by atoms with van der Waals surface area (Å²) in [6, 6.07) is 6.57. The summed E-state index contributed by atoms with van der Waals surface area (Å²) in [5, 5.41) is 0. The maximum atomic E-state index is 12.9. The molecule has 0 nitrogen and oxygen atoms in total. The lowest BCUT2D eigenvalue weighted by atomic mass is 9.98. The van der Waals surface area contributed by atoms with E-state index in [1.807, 2.05) is 6.08 Å². The zero-order valence-corrected chi connectivity index (χ0v) is 12.3. The van der Waals surface area contributed by atoms with E-state index in [0.29, 0.717) is 0 Å². The number of benzene rings is 1. The van der Waals surface area contributed by atoms with Gasteiger partial charge in [-0.05, 0) is 55.5 Å². The summed E-state index contributed by atoms with van der Waals surface area (Å²) >= 11 is 0. The lowest BCUT2D eigenvalue weighted by Crippen LogP contribution is -1.88. The van der Waals surface area contributed by atoms with E-state index in [1.165, 1.54) is 28.9 Å². The Morgan fingerprint density at radius 2 is 1.74 bits per heavy atom. The third kappa shape index (κ3) is 4.86. The summed E-state index contributed by atoms with van der Waals surface area (Å²) in [6.07, 6.45) is 8.49. The first-order valence-corrected chi connectivity index (χ1v) is 6.89. The second kappa shape index (κ2) is 7.73. The van der Waals surface area contributed by atoms with Gasteiger partial charge >= 0.3 is 0 Å². The molecule has 102 valence electrons. The van der Waals surface area contributed by atoms with Gasteiger partial charge in [0.15, 0.2) is 0 Å². The molecule has 0 aliphatic heterocycles. The van der Waals surface area contributed by atoms with E-state index in [1.54, 1.807) is 12.1 Å². The molecule has 19 heavy (non-hydrogen) atoms. The highest BCUT2D eigenvalue weighted by Gasteiger charge is 2.00. The molecule has 0 fully saturated rings. The Kier molecular flexibility index (Phi) is 6.27. The molecule has 0 saturated heterocycles. The van der Waals surface area contributed by atoms with Crippen molar-refractivity contribution in [2.75, 3.05) is 0 Å². The van der Waals surface area contributed by atoms with Crippen LogP contribution in [-0.2, 0) is 0 Å². The van der Waals surface area contributed by atoms with Gasteiger partial charge in [0.1, 0.15) is 5.82 Å². The van der Waals surface area contributed by atoms with Gasteiger partial charge < -0.3 is 0 Å². The van der Waals surface area contributed by atoms with Gasteiger partial charge in [-0.2, -0.15) is 0 Å². The zero-order chi connectivity index (χ0) is 14.3. The first-order chi connectivity index (χ1) is 9.08. The van der Waals surface area contributed by atoms with Crippen LogP contribution in [0.2, 0.25) is 0 Å². The molecule has 0 aliphatic carbocycles. The number of hydrogen-bond acceptors (Lipinski definition) is 0. The molecule has 0 radical (unpaired) electrons. The molecule has 0 aliphatic rings. The second-order valence-corrected chi connectivity index (χ2v) is 4.73. The Morgan fingerprint density at radius 1 is 1.11 bits per heavy atom. The van der Waals surface area contributed by atoms with Crippen LogP contribution >= 0.6 is 0 Å². The number of allylic oxidation sites excluding steroid dienone is 5. The van der Waals surface area contributed by atoms with Gasteiger partial charge in [0.05, 0.1) is 0 Å². The van der Waals surface area contributed by atoms with Crippen molar-refractivity contribution in [3.63, 3.8) is 0 Å². The van der Waals surface area contributed by atoms with E-state index >= 15 is 0 Å². The summed E-state index contributed by atoms with van der Waals surface area (Å²) in [7, 11) is 0. The minimum absolute atomic E-state index is 0.195. The molecular weight excluding hydrogens is 235 g/mol.